The largest absolute Gasteiger partial charge is 0.467 e. The predicted molar refractivity (Wildman–Crippen MR) is 175 cm³/mol. The van der Waals surface area contributed by atoms with Crippen molar-refractivity contribution in [2.45, 2.75) is 69.7 Å². The summed E-state index contributed by atoms with van der Waals surface area (Å²) in [6.07, 6.45) is 6.10. The molecule has 2 fully saturated rings. The van der Waals surface area contributed by atoms with Gasteiger partial charge in [0.2, 0.25) is 0 Å². The average molecular weight is 664 g/mol. The van der Waals surface area contributed by atoms with Crippen molar-refractivity contribution in [1.82, 2.24) is 34.2 Å². The number of rotatable bonds is 7. The minimum atomic E-state index is -2.84. The van der Waals surface area contributed by atoms with Crippen LogP contribution in [0.5, 0.6) is 0 Å². The topological polar surface area (TPSA) is 186 Å². The van der Waals surface area contributed by atoms with Gasteiger partial charge in [-0.05, 0) is 52.2 Å². The van der Waals surface area contributed by atoms with Gasteiger partial charge in [0.25, 0.3) is 0 Å². The SMILES string of the molecule is [2H]C([2H])([2H])n1c(=O)n([C@@H]2CC[C@@]([2H])(NC(=O)OC)C2)c2cc(Nc3ccc4c(NC(=O)OC(C)(C)C)nn([C@@]5(C(=O)OC)C[C@@H]5C#C)c4n3)ncc21. The number of carbonyl (C=O) groups excluding carboxylic acids is 3. The van der Waals surface area contributed by atoms with Crippen LogP contribution in [0.25, 0.3) is 22.1 Å². The number of anilines is 3. The summed E-state index contributed by atoms with van der Waals surface area (Å²) < 4.78 is 51.3. The third-order valence-electron chi connectivity index (χ3n) is 8.31. The highest BCUT2D eigenvalue weighted by atomic mass is 16.6. The van der Waals surface area contributed by atoms with Crippen molar-refractivity contribution in [2.75, 3.05) is 24.9 Å². The maximum atomic E-state index is 13.7. The number of pyridine rings is 2. The second-order valence-electron chi connectivity index (χ2n) is 12.6. The average Bonchev–Trinajstić information content (AvgIpc) is 3.35. The number of nitrogens with zero attached hydrogens (tertiary/aromatic N) is 6. The maximum absolute atomic E-state index is 13.7. The van der Waals surface area contributed by atoms with Crippen LogP contribution in [0.2, 0.25) is 0 Å². The molecule has 2 saturated carbocycles. The van der Waals surface area contributed by atoms with Gasteiger partial charge in [-0.3, -0.25) is 14.5 Å². The molecule has 48 heavy (non-hydrogen) atoms. The number of methoxy groups -OCH3 is 2. The van der Waals surface area contributed by atoms with Gasteiger partial charge >= 0.3 is 23.8 Å². The summed E-state index contributed by atoms with van der Waals surface area (Å²) in [6, 6.07) is 2.59. The lowest BCUT2D eigenvalue weighted by atomic mass is 10.2. The van der Waals surface area contributed by atoms with Crippen LogP contribution < -0.4 is 21.6 Å². The fraction of sp³-hybridized carbons (Fsp3) is 0.469. The lowest BCUT2D eigenvalue weighted by molar-refractivity contribution is -0.146. The van der Waals surface area contributed by atoms with Crippen molar-refractivity contribution in [3.63, 3.8) is 0 Å². The number of esters is 1. The molecule has 252 valence electrons. The summed E-state index contributed by atoms with van der Waals surface area (Å²) in [5, 5.41) is 13.1. The third-order valence-corrected chi connectivity index (χ3v) is 8.31. The number of hydrogen-bond acceptors (Lipinski definition) is 11. The maximum Gasteiger partial charge on any atom is 0.413 e. The van der Waals surface area contributed by atoms with Crippen molar-refractivity contribution in [1.29, 1.82) is 0 Å². The van der Waals surface area contributed by atoms with Gasteiger partial charge in [-0.1, -0.05) is 0 Å². The molecule has 6 rings (SSSR count). The van der Waals surface area contributed by atoms with Gasteiger partial charge in [-0.2, -0.15) is 5.10 Å². The van der Waals surface area contributed by atoms with E-state index in [-0.39, 0.29) is 53.4 Å². The predicted octanol–water partition coefficient (Wildman–Crippen LogP) is 3.54. The van der Waals surface area contributed by atoms with E-state index < -0.39 is 59.9 Å². The van der Waals surface area contributed by atoms with Crippen LogP contribution in [0.4, 0.5) is 27.0 Å². The van der Waals surface area contributed by atoms with Gasteiger partial charge in [0, 0.05) is 35.6 Å². The molecule has 0 spiro atoms. The number of hydrogen-bond donors (Lipinski definition) is 3. The molecule has 0 radical (unpaired) electrons. The molecular formula is C32H37N9O7. The molecule has 0 aliphatic heterocycles. The standard InChI is InChI=1S/C32H37N9O7/c1-8-17-15-32(17,27(42)46-6)41-26-20(25(38-41)37-29(44)48-31(2,3)4)11-12-23(36-26)35-24-14-21-22(16-33-24)39(5)30(45)40(21)19-10-9-18(13-19)34-28(43)47-7/h1,11-12,14,16-19H,9-10,13,15H2,2-7H3,(H,34,43)(H,33,35,36)(H,37,38,44)/t17-,18+,19+,32-/m0/s1/i5D3,18D. The zero-order valence-electron chi connectivity index (χ0n) is 30.9. The molecule has 4 atom stereocenters. The molecule has 2 aliphatic rings. The Kier molecular flexibility index (Phi) is 6.82. The van der Waals surface area contributed by atoms with Gasteiger partial charge < -0.3 is 24.8 Å². The Labute approximate surface area is 280 Å². The third kappa shape index (κ3) is 5.65. The first-order chi connectivity index (χ1) is 24.3. The molecule has 4 heterocycles. The number of aryl methyl sites for hydroxylation is 1. The van der Waals surface area contributed by atoms with Gasteiger partial charge in [-0.15, -0.1) is 12.3 Å². The Bertz CT molecular complexity index is 2220. The highest BCUT2D eigenvalue weighted by Crippen LogP contribution is 2.52. The van der Waals surface area contributed by atoms with E-state index in [4.69, 9.17) is 26.4 Å². The fourth-order valence-corrected chi connectivity index (χ4v) is 6.04. The Hall–Kier alpha value is -5.59. The van der Waals surface area contributed by atoms with E-state index in [1.165, 1.54) is 35.7 Å². The molecule has 4 aromatic heterocycles. The molecule has 16 nitrogen and oxygen atoms in total. The monoisotopic (exact) mass is 663 g/mol. The number of aromatic nitrogens is 6. The number of fused-ring (bicyclic) bond motifs is 2. The second-order valence-corrected chi connectivity index (χ2v) is 12.6. The summed E-state index contributed by atoms with van der Waals surface area (Å²) in [5.74, 6) is 1.82. The summed E-state index contributed by atoms with van der Waals surface area (Å²) in [7, 11) is 2.41. The summed E-state index contributed by atoms with van der Waals surface area (Å²) >= 11 is 0. The summed E-state index contributed by atoms with van der Waals surface area (Å²) in [5.41, 5.74) is -2.59. The van der Waals surface area contributed by atoms with Crippen molar-refractivity contribution < 1.29 is 34.1 Å². The number of nitrogens with one attached hydrogen (secondary N) is 3. The zero-order valence-corrected chi connectivity index (χ0v) is 26.9. The highest BCUT2D eigenvalue weighted by Gasteiger charge is 2.64. The Morgan fingerprint density at radius 3 is 2.60 bits per heavy atom. The first-order valence-electron chi connectivity index (χ1n) is 17.1. The molecule has 0 unspecified atom stereocenters. The summed E-state index contributed by atoms with van der Waals surface area (Å²) in [6.45, 7) is 2.28. The molecule has 2 aliphatic carbocycles. The van der Waals surface area contributed by atoms with E-state index in [0.29, 0.717) is 16.4 Å². The van der Waals surface area contributed by atoms with Crippen LogP contribution in [-0.2, 0) is 31.5 Å². The van der Waals surface area contributed by atoms with Crippen LogP contribution in [0.3, 0.4) is 0 Å². The van der Waals surface area contributed by atoms with Gasteiger partial charge in [0.05, 0.1) is 44.1 Å². The first-order valence-corrected chi connectivity index (χ1v) is 15.1. The van der Waals surface area contributed by atoms with Crippen LogP contribution in [-0.4, -0.2) is 72.9 Å². The minimum Gasteiger partial charge on any atom is -0.467 e. The quantitative estimate of drug-likeness (QED) is 0.149. The minimum absolute atomic E-state index is 0.00960. The van der Waals surface area contributed by atoms with Crippen molar-refractivity contribution >= 4 is 57.7 Å². The molecule has 3 N–H and O–H groups in total. The Morgan fingerprint density at radius 1 is 1.15 bits per heavy atom. The van der Waals surface area contributed by atoms with E-state index in [1.807, 2.05) is 0 Å². The van der Waals surface area contributed by atoms with E-state index in [9.17, 15) is 19.2 Å². The number of terminal acetylenes is 1. The smallest absolute Gasteiger partial charge is 0.413 e. The van der Waals surface area contributed by atoms with E-state index in [1.54, 1.807) is 32.9 Å². The lowest BCUT2D eigenvalue weighted by Crippen LogP contribution is -2.33. The van der Waals surface area contributed by atoms with Crippen molar-refractivity contribution in [2.24, 2.45) is 12.9 Å². The fourth-order valence-electron chi connectivity index (χ4n) is 6.04. The van der Waals surface area contributed by atoms with E-state index in [2.05, 4.69) is 36.7 Å². The van der Waals surface area contributed by atoms with Crippen LogP contribution in [0.1, 0.15) is 58.0 Å². The van der Waals surface area contributed by atoms with Crippen LogP contribution in [0, 0.1) is 18.3 Å². The molecule has 0 saturated heterocycles. The zero-order chi connectivity index (χ0) is 38.0. The normalized spacial score (nSPS) is 24.8. The molecule has 4 aromatic rings. The van der Waals surface area contributed by atoms with Crippen LogP contribution >= 0.6 is 0 Å². The van der Waals surface area contributed by atoms with Crippen molar-refractivity contribution in [3.8, 4) is 12.3 Å². The van der Waals surface area contributed by atoms with E-state index in [0.717, 1.165) is 0 Å². The van der Waals surface area contributed by atoms with E-state index >= 15 is 0 Å². The van der Waals surface area contributed by atoms with Gasteiger partial charge in [0.15, 0.2) is 17.0 Å². The Balaban J connectivity index is 1.42. The molecular weight excluding hydrogens is 622 g/mol. The molecule has 0 aromatic carbocycles. The molecule has 2 amide bonds. The van der Waals surface area contributed by atoms with Gasteiger partial charge in [0.1, 0.15) is 17.2 Å². The summed E-state index contributed by atoms with van der Waals surface area (Å²) in [4.78, 5) is 60.5. The van der Waals surface area contributed by atoms with Crippen LogP contribution in [0.15, 0.2) is 29.2 Å². The molecule has 0 bridgehead atoms. The first kappa shape index (κ1) is 27.5. The Morgan fingerprint density at radius 2 is 1.94 bits per heavy atom. The number of imidazole rings is 1. The highest BCUT2D eigenvalue weighted by molar-refractivity contribution is 5.98. The number of ether oxygens (including phenoxy) is 3. The number of carbonyl (C=O) groups is 3. The lowest BCUT2D eigenvalue weighted by Gasteiger charge is -2.19. The van der Waals surface area contributed by atoms with Gasteiger partial charge in [-0.25, -0.2) is 33.8 Å². The molecule has 16 heteroatoms. The number of amides is 2. The number of alkyl carbamates (subject to hydrolysis) is 1. The van der Waals surface area contributed by atoms with Crippen molar-refractivity contribution in [3.05, 3.63) is 34.9 Å². The second kappa shape index (κ2) is 11.9.